The molecule has 0 saturated carbocycles. The first-order chi connectivity index (χ1) is 4.75. The molecule has 1 rings (SSSR count). The Bertz CT molecular complexity index is 268. The largest absolute Gasteiger partial charge is 0.256 e. The first-order valence-corrected chi connectivity index (χ1v) is 3.12. The molecule has 1 aromatic heterocycles. The first kappa shape index (κ1) is 7.04. The maximum absolute atomic E-state index is 6.73. The number of aromatic nitrogens is 1. The molecule has 1 heterocycles. The molecule has 0 aromatic carbocycles. The summed E-state index contributed by atoms with van der Waals surface area (Å²) in [6, 6.07) is 1.76. The molecule has 2 nitrogen and oxygen atoms in total. The van der Waals surface area contributed by atoms with Crippen molar-refractivity contribution in [2.75, 3.05) is 0 Å². The maximum atomic E-state index is 6.73. The second-order valence-electron chi connectivity index (χ2n) is 1.88. The van der Waals surface area contributed by atoms with E-state index in [1.807, 2.05) is 6.92 Å². The fourth-order valence-electron chi connectivity index (χ4n) is 0.652. The van der Waals surface area contributed by atoms with Crippen LogP contribution in [0.15, 0.2) is 12.3 Å². The Hall–Kier alpha value is -1.07. The summed E-state index contributed by atoms with van der Waals surface area (Å²) in [6.07, 6.45) is 1.59. The molecular formula is C7H5ClN2. The minimum atomic E-state index is 0.287. The number of nitrogens with zero attached hydrogens (tertiary/aromatic N) is 2. The van der Waals surface area contributed by atoms with Gasteiger partial charge < -0.3 is 0 Å². The van der Waals surface area contributed by atoms with E-state index >= 15 is 0 Å². The lowest BCUT2D eigenvalue weighted by Gasteiger charge is -1.95. The number of rotatable bonds is 0. The molecule has 0 unspecified atom stereocenters. The summed E-state index contributed by atoms with van der Waals surface area (Å²) in [5.74, 6) is 0. The minimum absolute atomic E-state index is 0.287. The molecule has 0 N–H and O–H groups in total. The van der Waals surface area contributed by atoms with Crippen LogP contribution in [0.3, 0.4) is 0 Å². The monoisotopic (exact) mass is 152 g/mol. The van der Waals surface area contributed by atoms with Gasteiger partial charge in [-0.05, 0) is 12.5 Å². The SMILES string of the molecule is [C-]#[N+]c1c(C)ccnc1Cl. The van der Waals surface area contributed by atoms with Crippen LogP contribution in [-0.2, 0) is 0 Å². The summed E-state index contributed by atoms with van der Waals surface area (Å²) in [7, 11) is 0. The van der Waals surface area contributed by atoms with Crippen LogP contribution in [0.25, 0.3) is 4.85 Å². The van der Waals surface area contributed by atoms with Gasteiger partial charge in [0.05, 0.1) is 6.57 Å². The zero-order valence-electron chi connectivity index (χ0n) is 5.43. The molecule has 0 bridgehead atoms. The third-order valence-corrected chi connectivity index (χ3v) is 1.47. The molecule has 3 heteroatoms. The predicted molar refractivity (Wildman–Crippen MR) is 40.2 cm³/mol. The smallest absolute Gasteiger partial charge is 0.226 e. The highest BCUT2D eigenvalue weighted by Crippen LogP contribution is 2.25. The topological polar surface area (TPSA) is 17.2 Å². The van der Waals surface area contributed by atoms with Gasteiger partial charge in [-0.25, -0.2) is 4.85 Å². The number of pyridine rings is 1. The van der Waals surface area contributed by atoms with Crippen molar-refractivity contribution in [2.45, 2.75) is 6.92 Å². The van der Waals surface area contributed by atoms with E-state index in [-0.39, 0.29) is 5.15 Å². The van der Waals surface area contributed by atoms with Crippen molar-refractivity contribution < 1.29 is 0 Å². The summed E-state index contributed by atoms with van der Waals surface area (Å²) in [4.78, 5) is 6.99. The quantitative estimate of drug-likeness (QED) is 0.413. The zero-order valence-corrected chi connectivity index (χ0v) is 6.18. The molecule has 1 aromatic rings. The van der Waals surface area contributed by atoms with Gasteiger partial charge in [0.2, 0.25) is 5.69 Å². The lowest BCUT2D eigenvalue weighted by atomic mass is 10.3. The van der Waals surface area contributed by atoms with Crippen LogP contribution in [0.5, 0.6) is 0 Å². The van der Waals surface area contributed by atoms with Crippen LogP contribution in [0.4, 0.5) is 5.69 Å². The van der Waals surface area contributed by atoms with E-state index in [1.54, 1.807) is 12.3 Å². The number of aryl methyl sites for hydroxylation is 1. The number of hydrogen-bond donors (Lipinski definition) is 0. The van der Waals surface area contributed by atoms with Crippen LogP contribution in [0, 0.1) is 13.5 Å². The van der Waals surface area contributed by atoms with Gasteiger partial charge in [-0.15, -0.1) is 0 Å². The van der Waals surface area contributed by atoms with Crippen molar-refractivity contribution in [1.82, 2.24) is 4.98 Å². The molecule has 0 aliphatic heterocycles. The van der Waals surface area contributed by atoms with Gasteiger partial charge in [-0.1, -0.05) is 17.7 Å². The molecular weight excluding hydrogens is 148 g/mol. The highest BCUT2D eigenvalue weighted by Gasteiger charge is 2.01. The molecule has 0 atom stereocenters. The Balaban J connectivity index is 3.34. The summed E-state index contributed by atoms with van der Waals surface area (Å²) >= 11 is 5.60. The van der Waals surface area contributed by atoms with Crippen molar-refractivity contribution in [3.63, 3.8) is 0 Å². The molecule has 0 spiro atoms. The second-order valence-corrected chi connectivity index (χ2v) is 2.24. The Morgan fingerprint density at radius 2 is 2.40 bits per heavy atom. The fourth-order valence-corrected chi connectivity index (χ4v) is 0.899. The molecule has 0 saturated heterocycles. The standard InChI is InChI=1S/C7H5ClN2/c1-5-3-4-10-7(8)6(5)9-2/h3-4H,1H3. The summed E-state index contributed by atoms with van der Waals surface area (Å²) in [5.41, 5.74) is 1.32. The second kappa shape index (κ2) is 2.68. The van der Waals surface area contributed by atoms with Gasteiger partial charge >= 0.3 is 0 Å². The van der Waals surface area contributed by atoms with Crippen molar-refractivity contribution in [3.8, 4) is 0 Å². The minimum Gasteiger partial charge on any atom is -0.256 e. The van der Waals surface area contributed by atoms with Gasteiger partial charge in [0.25, 0.3) is 0 Å². The van der Waals surface area contributed by atoms with Crippen LogP contribution in [-0.4, -0.2) is 4.98 Å². The first-order valence-electron chi connectivity index (χ1n) is 2.74. The van der Waals surface area contributed by atoms with Gasteiger partial charge in [0.1, 0.15) is 5.15 Å². The summed E-state index contributed by atoms with van der Waals surface area (Å²) in [6.45, 7) is 8.56. The van der Waals surface area contributed by atoms with E-state index in [4.69, 9.17) is 18.2 Å². The molecule has 50 valence electrons. The van der Waals surface area contributed by atoms with Crippen LogP contribution in [0.2, 0.25) is 5.15 Å². The van der Waals surface area contributed by atoms with E-state index < -0.39 is 0 Å². The average molecular weight is 153 g/mol. The molecule has 0 amide bonds. The number of halogens is 1. The van der Waals surface area contributed by atoms with Crippen molar-refractivity contribution in [3.05, 3.63) is 34.4 Å². The lowest BCUT2D eigenvalue weighted by Crippen LogP contribution is -1.77. The van der Waals surface area contributed by atoms with E-state index in [0.717, 1.165) is 5.56 Å². The van der Waals surface area contributed by atoms with Gasteiger partial charge in [-0.2, -0.15) is 0 Å². The Morgan fingerprint density at radius 1 is 1.70 bits per heavy atom. The van der Waals surface area contributed by atoms with Crippen LogP contribution < -0.4 is 0 Å². The molecule has 0 aliphatic rings. The fraction of sp³-hybridized carbons (Fsp3) is 0.143. The Labute approximate surface area is 64.3 Å². The zero-order chi connectivity index (χ0) is 7.56. The number of hydrogen-bond acceptors (Lipinski definition) is 1. The third-order valence-electron chi connectivity index (χ3n) is 1.19. The third kappa shape index (κ3) is 1.09. The van der Waals surface area contributed by atoms with Gasteiger partial charge in [0.15, 0.2) is 0 Å². The maximum Gasteiger partial charge on any atom is 0.226 e. The van der Waals surface area contributed by atoms with Crippen LogP contribution >= 0.6 is 11.6 Å². The lowest BCUT2D eigenvalue weighted by molar-refractivity contribution is 1.30. The van der Waals surface area contributed by atoms with E-state index in [2.05, 4.69) is 9.83 Å². The van der Waals surface area contributed by atoms with E-state index in [0.29, 0.717) is 5.69 Å². The highest BCUT2D eigenvalue weighted by atomic mass is 35.5. The molecule has 0 fully saturated rings. The Kier molecular flexibility index (Phi) is 1.88. The summed E-state index contributed by atoms with van der Waals surface area (Å²) < 4.78 is 0. The molecule has 10 heavy (non-hydrogen) atoms. The Morgan fingerprint density at radius 3 is 2.80 bits per heavy atom. The molecule has 0 aliphatic carbocycles. The van der Waals surface area contributed by atoms with Gasteiger partial charge in [0, 0.05) is 6.20 Å². The van der Waals surface area contributed by atoms with Gasteiger partial charge in [-0.3, -0.25) is 4.98 Å². The summed E-state index contributed by atoms with van der Waals surface area (Å²) in [5, 5.41) is 0.287. The molecule has 0 radical (unpaired) electrons. The highest BCUT2D eigenvalue weighted by molar-refractivity contribution is 6.32. The van der Waals surface area contributed by atoms with Crippen molar-refractivity contribution >= 4 is 17.3 Å². The van der Waals surface area contributed by atoms with E-state index in [1.165, 1.54) is 0 Å². The van der Waals surface area contributed by atoms with Crippen molar-refractivity contribution in [2.24, 2.45) is 0 Å². The predicted octanol–water partition coefficient (Wildman–Crippen LogP) is 2.59. The average Bonchev–Trinajstić information content (AvgIpc) is 1.88. The van der Waals surface area contributed by atoms with E-state index in [9.17, 15) is 0 Å². The normalized spacial score (nSPS) is 8.90. The van der Waals surface area contributed by atoms with Crippen molar-refractivity contribution in [1.29, 1.82) is 0 Å². The van der Waals surface area contributed by atoms with Crippen LogP contribution in [0.1, 0.15) is 5.56 Å².